The zero-order valence-electron chi connectivity index (χ0n) is 27.4. The average molecular weight is 647 g/mol. The van der Waals surface area contributed by atoms with Crippen molar-refractivity contribution in [1.29, 1.82) is 0 Å². The van der Waals surface area contributed by atoms with Crippen LogP contribution in [0.3, 0.4) is 0 Å². The molecule has 2 atom stereocenters. The lowest BCUT2D eigenvalue weighted by atomic mass is 10.1. The molecule has 1 aliphatic carbocycles. The number of hydrogen-bond acceptors (Lipinski definition) is 4. The largest absolute Gasteiger partial charge is 0.350 e. The fourth-order valence-corrected chi connectivity index (χ4v) is 7.70. The van der Waals surface area contributed by atoms with Crippen LogP contribution >= 0.6 is 0 Å². The van der Waals surface area contributed by atoms with Gasteiger partial charge < -0.3 is 9.88 Å². The number of amidine groups is 1. The monoisotopic (exact) mass is 646 g/mol. The molecule has 0 saturated heterocycles. The molecule has 50 heavy (non-hydrogen) atoms. The fraction of sp³-hybridized carbons (Fsp3) is 0.0909. The first-order chi connectivity index (χ1) is 24.8. The number of allylic oxidation sites excluding steroid dienone is 4. The maximum Gasteiger partial charge on any atom is 0.137 e. The molecule has 0 amide bonds. The smallest absolute Gasteiger partial charge is 0.137 e. The SMILES string of the molecule is C1=CC(n2c3ccccc3c3cc4c5ccccc5n(-c5ccc(C6N=C(c7ccccc7)NC(c7ccccc7)N6)cn5)c4cc32)=CCC1. The van der Waals surface area contributed by atoms with Gasteiger partial charge in [-0.3, -0.25) is 9.88 Å². The van der Waals surface area contributed by atoms with Gasteiger partial charge in [0.2, 0.25) is 0 Å². The van der Waals surface area contributed by atoms with Gasteiger partial charge in [0.15, 0.2) is 0 Å². The molecular weight excluding hydrogens is 613 g/mol. The van der Waals surface area contributed by atoms with Gasteiger partial charge in [0.25, 0.3) is 0 Å². The van der Waals surface area contributed by atoms with Crippen molar-refractivity contribution >= 4 is 55.1 Å². The van der Waals surface area contributed by atoms with E-state index in [1.807, 2.05) is 30.5 Å². The molecule has 5 aromatic carbocycles. The van der Waals surface area contributed by atoms with Gasteiger partial charge >= 0.3 is 0 Å². The van der Waals surface area contributed by atoms with Crippen molar-refractivity contribution in [2.45, 2.75) is 25.2 Å². The minimum absolute atomic E-state index is 0.103. The Morgan fingerprint density at radius 1 is 0.580 bits per heavy atom. The van der Waals surface area contributed by atoms with Crippen molar-refractivity contribution in [1.82, 2.24) is 24.8 Å². The molecule has 0 saturated carbocycles. The van der Waals surface area contributed by atoms with Crippen LogP contribution in [0, 0.1) is 0 Å². The second-order valence-electron chi connectivity index (χ2n) is 13.1. The molecule has 0 bridgehead atoms. The molecule has 240 valence electrons. The second kappa shape index (κ2) is 11.7. The third kappa shape index (κ3) is 4.68. The van der Waals surface area contributed by atoms with Gasteiger partial charge in [-0.1, -0.05) is 115 Å². The lowest BCUT2D eigenvalue weighted by Gasteiger charge is -2.32. The number of nitrogens with one attached hydrogen (secondary N) is 2. The van der Waals surface area contributed by atoms with Gasteiger partial charge in [0, 0.05) is 44.6 Å². The molecule has 0 radical (unpaired) electrons. The van der Waals surface area contributed by atoms with Gasteiger partial charge in [-0.25, -0.2) is 9.98 Å². The van der Waals surface area contributed by atoms with E-state index >= 15 is 0 Å². The molecule has 0 spiro atoms. The lowest BCUT2D eigenvalue weighted by Crippen LogP contribution is -2.44. The number of aromatic nitrogens is 3. The molecule has 10 rings (SSSR count). The molecule has 1 aliphatic heterocycles. The Balaban J connectivity index is 1.12. The standard InChI is InChI=1S/C44H34N6/c1-4-14-29(15-5-1)42-46-43(30-16-6-2-7-17-30)48-44(47-42)31-24-25-41(45-28-31)50-38-23-13-11-21-34(38)36-26-35-33-20-10-12-22-37(33)49(39(35)27-40(36)50)32-18-8-3-9-19-32/h1-2,4-8,10-28,42,44,47H,3,9H2,(H,46,48). The van der Waals surface area contributed by atoms with E-state index in [0.29, 0.717) is 0 Å². The Bertz CT molecular complexity index is 2640. The van der Waals surface area contributed by atoms with E-state index in [2.05, 4.69) is 147 Å². The molecular formula is C44H34N6. The molecule has 2 N–H and O–H groups in total. The normalized spacial score (nSPS) is 17.7. The first-order valence-electron chi connectivity index (χ1n) is 17.3. The van der Waals surface area contributed by atoms with Crippen LogP contribution in [0.2, 0.25) is 0 Å². The van der Waals surface area contributed by atoms with Crippen LogP contribution in [-0.2, 0) is 0 Å². The van der Waals surface area contributed by atoms with Crippen molar-refractivity contribution in [2.24, 2.45) is 4.99 Å². The number of aliphatic imine (C=N–C) groups is 1. The van der Waals surface area contributed by atoms with Crippen LogP contribution < -0.4 is 10.6 Å². The Kier molecular flexibility index (Phi) is 6.74. The Labute approximate surface area is 289 Å². The van der Waals surface area contributed by atoms with Crippen LogP contribution in [-0.4, -0.2) is 20.0 Å². The molecule has 6 heteroatoms. The van der Waals surface area contributed by atoms with Crippen LogP contribution in [0.1, 0.15) is 41.9 Å². The Hall–Kier alpha value is -6.24. The summed E-state index contributed by atoms with van der Waals surface area (Å²) in [5.74, 6) is 1.73. The minimum Gasteiger partial charge on any atom is -0.350 e. The Morgan fingerprint density at radius 2 is 1.26 bits per heavy atom. The van der Waals surface area contributed by atoms with Gasteiger partial charge in [-0.2, -0.15) is 0 Å². The average Bonchev–Trinajstić information content (AvgIpc) is 3.70. The van der Waals surface area contributed by atoms with Crippen LogP contribution in [0.4, 0.5) is 0 Å². The summed E-state index contributed by atoms with van der Waals surface area (Å²) in [7, 11) is 0. The second-order valence-corrected chi connectivity index (χ2v) is 13.1. The summed E-state index contributed by atoms with van der Waals surface area (Å²) in [5, 5.41) is 12.3. The Morgan fingerprint density at radius 3 is 1.96 bits per heavy atom. The molecule has 4 heterocycles. The summed E-state index contributed by atoms with van der Waals surface area (Å²) in [6.45, 7) is 0. The van der Waals surface area contributed by atoms with E-state index in [1.165, 1.54) is 38.3 Å². The third-order valence-corrected chi connectivity index (χ3v) is 10.1. The summed E-state index contributed by atoms with van der Waals surface area (Å²) >= 11 is 0. The van der Waals surface area contributed by atoms with Crippen LogP contribution in [0.5, 0.6) is 0 Å². The first-order valence-corrected chi connectivity index (χ1v) is 17.3. The molecule has 2 aliphatic rings. The van der Waals surface area contributed by atoms with Gasteiger partial charge in [-0.15, -0.1) is 0 Å². The fourth-order valence-electron chi connectivity index (χ4n) is 7.70. The predicted octanol–water partition coefficient (Wildman–Crippen LogP) is 9.81. The van der Waals surface area contributed by atoms with Crippen molar-refractivity contribution in [3.05, 3.63) is 175 Å². The topological polar surface area (TPSA) is 59.2 Å². The van der Waals surface area contributed by atoms with Crippen LogP contribution in [0.25, 0.3) is 55.1 Å². The maximum atomic E-state index is 5.13. The molecule has 6 nitrogen and oxygen atoms in total. The number of fused-ring (bicyclic) bond motifs is 6. The molecule has 3 aromatic heterocycles. The first kappa shape index (κ1) is 28.7. The quantitative estimate of drug-likeness (QED) is 0.196. The predicted molar refractivity (Wildman–Crippen MR) is 205 cm³/mol. The van der Waals surface area contributed by atoms with E-state index in [-0.39, 0.29) is 12.3 Å². The molecule has 2 unspecified atom stereocenters. The highest BCUT2D eigenvalue weighted by molar-refractivity contribution is 6.19. The number of para-hydroxylation sites is 2. The number of rotatable bonds is 5. The highest BCUT2D eigenvalue weighted by atomic mass is 15.3. The van der Waals surface area contributed by atoms with Crippen LogP contribution in [0.15, 0.2) is 163 Å². The zero-order chi connectivity index (χ0) is 33.0. The van der Waals surface area contributed by atoms with E-state index in [0.717, 1.165) is 52.2 Å². The summed E-state index contributed by atoms with van der Waals surface area (Å²) in [6, 6.07) is 47.2. The van der Waals surface area contributed by atoms with E-state index in [4.69, 9.17) is 9.98 Å². The number of nitrogens with zero attached hydrogens (tertiary/aromatic N) is 4. The lowest BCUT2D eigenvalue weighted by molar-refractivity contribution is 0.408. The van der Waals surface area contributed by atoms with E-state index in [9.17, 15) is 0 Å². The van der Waals surface area contributed by atoms with Crippen molar-refractivity contribution < 1.29 is 0 Å². The highest BCUT2D eigenvalue weighted by Crippen LogP contribution is 2.40. The van der Waals surface area contributed by atoms with E-state index in [1.54, 1.807) is 0 Å². The number of benzene rings is 5. The minimum atomic E-state index is -0.275. The summed E-state index contributed by atoms with van der Waals surface area (Å²) in [5.41, 5.74) is 9.13. The molecule has 8 aromatic rings. The number of pyridine rings is 1. The van der Waals surface area contributed by atoms with Gasteiger partial charge in [0.1, 0.15) is 24.0 Å². The van der Waals surface area contributed by atoms with Gasteiger partial charge in [0.05, 0.1) is 22.1 Å². The van der Waals surface area contributed by atoms with E-state index < -0.39 is 0 Å². The van der Waals surface area contributed by atoms with Gasteiger partial charge in [-0.05, 0) is 54.8 Å². The maximum absolute atomic E-state index is 5.13. The summed E-state index contributed by atoms with van der Waals surface area (Å²) in [6.07, 6.45) is 10.6. The third-order valence-electron chi connectivity index (χ3n) is 10.1. The van der Waals surface area contributed by atoms with Crippen molar-refractivity contribution in [2.75, 3.05) is 0 Å². The summed E-state index contributed by atoms with van der Waals surface area (Å²) < 4.78 is 4.73. The molecule has 0 fully saturated rings. The van der Waals surface area contributed by atoms with Crippen molar-refractivity contribution in [3.63, 3.8) is 0 Å². The number of hydrogen-bond donors (Lipinski definition) is 2. The van der Waals surface area contributed by atoms with Crippen molar-refractivity contribution in [3.8, 4) is 5.82 Å². The summed E-state index contributed by atoms with van der Waals surface area (Å²) in [4.78, 5) is 10.3. The highest BCUT2D eigenvalue weighted by Gasteiger charge is 2.26. The zero-order valence-corrected chi connectivity index (χ0v) is 27.4.